The molecular formula is C72H81Cl2F2N13O7. The van der Waals surface area contributed by atoms with Crippen LogP contribution in [0.25, 0.3) is 56.0 Å². The number of hydrogen-bond donors (Lipinski definition) is 0. The fourth-order valence-corrected chi connectivity index (χ4v) is 14.4. The molecule has 4 aliphatic heterocycles. The first-order valence-electron chi connectivity index (χ1n) is 32.3. The van der Waals surface area contributed by atoms with Crippen LogP contribution in [-0.2, 0) is 14.4 Å². The highest BCUT2D eigenvalue weighted by Crippen LogP contribution is 2.49. The van der Waals surface area contributed by atoms with Gasteiger partial charge in [-0.1, -0.05) is 76.5 Å². The number of benzene rings is 2. The number of nitrogens with zero attached hydrogens (tertiary/aromatic N) is 13. The number of ether oxygens (including phenoxy) is 2. The van der Waals surface area contributed by atoms with Crippen LogP contribution >= 0.6 is 23.2 Å². The Morgan fingerprint density at radius 3 is 1.49 bits per heavy atom. The maximum absolute atomic E-state index is 15.6. The topological polar surface area (TPSA) is 188 Å². The molecule has 6 aromatic heterocycles. The quantitative estimate of drug-likeness (QED) is 0.0881. The Hall–Kier alpha value is -8.83. The zero-order valence-corrected chi connectivity index (χ0v) is 58.2. The van der Waals surface area contributed by atoms with E-state index < -0.39 is 29.3 Å². The number of fused-ring (bicyclic) bond motifs is 10. The summed E-state index contributed by atoms with van der Waals surface area (Å²) in [5.74, 6) is -1.13. The number of carbonyl (C=O) groups excluding carboxylic acids is 3. The van der Waals surface area contributed by atoms with E-state index in [9.17, 15) is 14.4 Å². The molecule has 4 aliphatic rings. The number of aryl methyl sites for hydroxylation is 2. The molecule has 0 aliphatic carbocycles. The van der Waals surface area contributed by atoms with Gasteiger partial charge in [-0.25, -0.2) is 18.7 Å². The van der Waals surface area contributed by atoms with Gasteiger partial charge in [-0.15, -0.1) is 0 Å². The van der Waals surface area contributed by atoms with Gasteiger partial charge in [-0.3, -0.25) is 43.1 Å². The Morgan fingerprint density at radius 2 is 1.07 bits per heavy atom. The second-order valence-corrected chi connectivity index (χ2v) is 27.2. The van der Waals surface area contributed by atoms with Crippen molar-refractivity contribution >= 4 is 85.7 Å². The Balaban J connectivity index is 0.000000196. The number of likely N-dealkylation sites (N-methyl/N-ethyl adjacent to an activating group) is 2. The standard InChI is InChI=1S/C37H41ClFN7O4.C35H40ClFN6O3/c1-9-28(47)44-19-26-36(48)43(16-15-42(6)7)34-33(45(26)18-22(44)5)23-17-24(38)31(29-25(39)11-10-12-27(29)50-8)41-35(23)46(37(34)49)32-21(4)13-14-40-30(32)20(2)3;1-19(2)28-30(21(4)13-14-38-28)43-33-22(17-23(36)29(39-33)27-24(37)9-8-10-26(27)46-7)31-32(35(43)45)41(16-15-40(5)6)34(44)25-12-11-20(3)18-42(25)31/h9-14,17,20,22,26H,1,15-16,18-19H2,2-8H3;8-10,13-14,17,19-20,25H,11-12,15-16,18H2,1-7H3/t22-,26-;20-,25+/m10/s1. The molecule has 2 saturated heterocycles. The molecular weight excluding hydrogens is 1270 g/mol. The summed E-state index contributed by atoms with van der Waals surface area (Å²) in [5, 5.41) is 1.43. The number of aromatic nitrogens is 6. The largest absolute Gasteiger partial charge is 0.496 e. The summed E-state index contributed by atoms with van der Waals surface area (Å²) < 4.78 is 45.2. The highest BCUT2D eigenvalue weighted by molar-refractivity contribution is 6.35. The summed E-state index contributed by atoms with van der Waals surface area (Å²) in [4.78, 5) is 104. The lowest BCUT2D eigenvalue weighted by Crippen LogP contribution is -2.67. The van der Waals surface area contributed by atoms with Crippen LogP contribution in [0.3, 0.4) is 0 Å². The zero-order chi connectivity index (χ0) is 69.2. The third kappa shape index (κ3) is 12.0. The number of piperazine rings is 1. The molecule has 0 spiro atoms. The van der Waals surface area contributed by atoms with Gasteiger partial charge < -0.3 is 43.8 Å². The van der Waals surface area contributed by atoms with E-state index in [0.29, 0.717) is 94.8 Å². The first kappa shape index (κ1) is 68.6. The normalized spacial score (nSPS) is 17.7. The third-order valence-electron chi connectivity index (χ3n) is 18.6. The molecule has 504 valence electrons. The maximum Gasteiger partial charge on any atom is 0.283 e. The van der Waals surface area contributed by atoms with E-state index in [1.165, 1.54) is 48.0 Å². The molecule has 0 N–H and O–H groups in total. The molecule has 0 bridgehead atoms. The zero-order valence-electron chi connectivity index (χ0n) is 56.7. The lowest BCUT2D eigenvalue weighted by molar-refractivity contribution is -0.131. The van der Waals surface area contributed by atoms with Crippen molar-refractivity contribution in [3.63, 3.8) is 0 Å². The predicted octanol–water partition coefficient (Wildman–Crippen LogP) is 11.4. The molecule has 0 saturated carbocycles. The number of carbonyl (C=O) groups is 3. The van der Waals surface area contributed by atoms with Gasteiger partial charge in [0.25, 0.3) is 17.0 Å². The maximum atomic E-state index is 15.6. The number of methoxy groups -OCH3 is 2. The minimum absolute atomic E-state index is 0.0369. The van der Waals surface area contributed by atoms with Crippen molar-refractivity contribution in [1.82, 2.24) is 43.8 Å². The summed E-state index contributed by atoms with van der Waals surface area (Å²) in [6.07, 6.45) is 6.25. The number of pyridine rings is 6. The first-order valence-corrected chi connectivity index (χ1v) is 33.0. The minimum atomic E-state index is -0.792. The molecule has 0 radical (unpaired) electrons. The van der Waals surface area contributed by atoms with E-state index >= 15 is 18.4 Å². The molecule has 24 heteroatoms. The van der Waals surface area contributed by atoms with Crippen LogP contribution in [0.4, 0.5) is 31.5 Å². The number of anilines is 4. The molecule has 0 unspecified atom stereocenters. The number of hydrogen-bond acceptors (Lipinski definition) is 15. The van der Waals surface area contributed by atoms with Gasteiger partial charge in [0.1, 0.15) is 46.6 Å². The van der Waals surface area contributed by atoms with Crippen LogP contribution in [0.1, 0.15) is 88.7 Å². The summed E-state index contributed by atoms with van der Waals surface area (Å²) in [6.45, 7) is 22.1. The van der Waals surface area contributed by atoms with E-state index in [1.807, 2.05) is 103 Å². The van der Waals surface area contributed by atoms with Crippen LogP contribution in [0.15, 0.2) is 95.3 Å². The van der Waals surface area contributed by atoms with Crippen molar-refractivity contribution < 1.29 is 32.6 Å². The highest BCUT2D eigenvalue weighted by atomic mass is 35.5. The predicted molar refractivity (Wildman–Crippen MR) is 376 cm³/mol. The van der Waals surface area contributed by atoms with E-state index in [4.69, 9.17) is 47.6 Å². The van der Waals surface area contributed by atoms with Crippen molar-refractivity contribution in [2.45, 2.75) is 98.2 Å². The molecule has 10 heterocycles. The van der Waals surface area contributed by atoms with E-state index in [-0.39, 0.29) is 116 Å². The van der Waals surface area contributed by atoms with Gasteiger partial charge in [0, 0.05) is 68.5 Å². The fourth-order valence-electron chi connectivity index (χ4n) is 13.9. The van der Waals surface area contributed by atoms with Crippen LogP contribution in [-0.4, -0.2) is 168 Å². The van der Waals surface area contributed by atoms with Crippen molar-refractivity contribution in [2.75, 3.05) is 108 Å². The van der Waals surface area contributed by atoms with Crippen LogP contribution < -0.4 is 40.2 Å². The fraction of sp³-hybridized carbons (Fsp3) is 0.403. The number of halogens is 4. The molecule has 8 aromatic rings. The lowest BCUT2D eigenvalue weighted by Gasteiger charge is -2.50. The van der Waals surface area contributed by atoms with Crippen molar-refractivity contribution in [3.05, 3.63) is 151 Å². The molecule has 96 heavy (non-hydrogen) atoms. The summed E-state index contributed by atoms with van der Waals surface area (Å²) in [6, 6.07) is 14.6. The number of piperidine rings is 1. The second kappa shape index (κ2) is 27.4. The van der Waals surface area contributed by atoms with E-state index in [1.54, 1.807) is 57.1 Å². The monoisotopic (exact) mass is 1350 g/mol. The van der Waals surface area contributed by atoms with Gasteiger partial charge >= 0.3 is 0 Å². The average Bonchev–Trinajstić information content (AvgIpc) is 0.711. The summed E-state index contributed by atoms with van der Waals surface area (Å²) in [5.41, 5.74) is 5.73. The lowest BCUT2D eigenvalue weighted by atomic mass is 9.90. The average molecular weight is 1350 g/mol. The van der Waals surface area contributed by atoms with Gasteiger partial charge in [0.05, 0.1) is 87.5 Å². The van der Waals surface area contributed by atoms with Gasteiger partial charge in [-0.05, 0) is 145 Å². The molecule has 4 atom stereocenters. The minimum Gasteiger partial charge on any atom is -0.496 e. The molecule has 3 amide bonds. The molecule has 2 fully saturated rings. The SMILES string of the molecule is C=CC(=O)N1C[C@@H]2C(=O)N(CCN(C)C)c3c(c4cc(Cl)c(-c5c(F)cccc5OC)nc4n(-c4c(C)ccnc4C(C)C)c3=O)N2C[C@H]1C.COc1cccc(F)c1-c1nc2c(cc1Cl)c1c(c(=O)n2-c2c(C)ccnc2C(C)C)N(CCN(C)C)C(=O)[C@H]2CC[C@H](C)CN12. The number of rotatable bonds is 15. The highest BCUT2D eigenvalue weighted by Gasteiger charge is 2.48. The van der Waals surface area contributed by atoms with Crippen LogP contribution in [0, 0.1) is 31.4 Å². The van der Waals surface area contributed by atoms with Crippen LogP contribution in [0.5, 0.6) is 11.5 Å². The first-order chi connectivity index (χ1) is 45.7. The molecule has 20 nitrogen and oxygen atoms in total. The van der Waals surface area contributed by atoms with Gasteiger partial charge in [0.2, 0.25) is 11.8 Å². The Morgan fingerprint density at radius 1 is 0.635 bits per heavy atom. The summed E-state index contributed by atoms with van der Waals surface area (Å²) in [7, 11) is 10.6. The third-order valence-corrected chi connectivity index (χ3v) is 19.2. The number of amides is 3. The second-order valence-electron chi connectivity index (χ2n) is 26.4. The Kier molecular flexibility index (Phi) is 19.5. The van der Waals surface area contributed by atoms with Crippen molar-refractivity contribution in [2.24, 2.45) is 5.92 Å². The van der Waals surface area contributed by atoms with E-state index in [0.717, 1.165) is 17.5 Å². The van der Waals surface area contributed by atoms with Gasteiger partial charge in [0.15, 0.2) is 11.3 Å². The summed E-state index contributed by atoms with van der Waals surface area (Å²) >= 11 is 14.0. The van der Waals surface area contributed by atoms with Crippen molar-refractivity contribution in [1.29, 1.82) is 0 Å². The molecule has 12 rings (SSSR count). The van der Waals surface area contributed by atoms with Crippen LogP contribution in [0.2, 0.25) is 10.0 Å². The van der Waals surface area contributed by atoms with Crippen molar-refractivity contribution in [3.8, 4) is 45.4 Å². The van der Waals surface area contributed by atoms with E-state index in [2.05, 4.69) is 23.4 Å². The molecule has 2 aromatic carbocycles. The Bertz CT molecular complexity index is 4580. The Labute approximate surface area is 567 Å². The smallest absolute Gasteiger partial charge is 0.283 e. The van der Waals surface area contributed by atoms with Gasteiger partial charge in [-0.2, -0.15) is 0 Å².